The maximum Gasteiger partial charge on any atom is 0.224 e. The Labute approximate surface area is 93.5 Å². The lowest BCUT2D eigenvalue weighted by molar-refractivity contribution is -0.125. The number of anilines is 1. The zero-order valence-corrected chi connectivity index (χ0v) is 9.19. The molecule has 0 fully saturated rings. The summed E-state index contributed by atoms with van der Waals surface area (Å²) in [5.74, 6) is 0.120. The number of carbonyl (C=O) groups excluding carboxylic acids is 1. The second kappa shape index (κ2) is 4.57. The molecular weight excluding hydrogens is 206 g/mol. The van der Waals surface area contributed by atoms with Crippen molar-refractivity contribution >= 4 is 11.7 Å². The summed E-state index contributed by atoms with van der Waals surface area (Å²) >= 11 is 0. The Bertz CT molecular complexity index is 418. The van der Waals surface area contributed by atoms with E-state index in [0.717, 1.165) is 0 Å². The minimum Gasteiger partial charge on any atom is -0.369 e. The number of hydrogen-bond donors (Lipinski definition) is 2. The number of rotatable bonds is 4. The zero-order valence-electron chi connectivity index (χ0n) is 9.19. The van der Waals surface area contributed by atoms with E-state index in [1.165, 1.54) is 12.4 Å². The second-order valence-electron chi connectivity index (χ2n) is 4.00. The lowest BCUT2D eigenvalue weighted by atomic mass is 9.93. The molecule has 0 saturated heterocycles. The van der Waals surface area contributed by atoms with Crippen molar-refractivity contribution in [2.45, 2.75) is 13.8 Å². The lowest BCUT2D eigenvalue weighted by Crippen LogP contribution is -2.37. The van der Waals surface area contributed by atoms with Crippen LogP contribution in [0.2, 0.25) is 0 Å². The van der Waals surface area contributed by atoms with E-state index >= 15 is 0 Å². The van der Waals surface area contributed by atoms with Crippen molar-refractivity contribution in [1.29, 1.82) is 5.26 Å². The van der Waals surface area contributed by atoms with E-state index in [-0.39, 0.29) is 11.6 Å². The van der Waals surface area contributed by atoms with Crippen LogP contribution in [0.3, 0.4) is 0 Å². The molecule has 84 valence electrons. The Kier molecular flexibility index (Phi) is 3.40. The highest BCUT2D eigenvalue weighted by Gasteiger charge is 2.24. The third-order valence-electron chi connectivity index (χ3n) is 2.14. The number of nitrogens with two attached hydrogens (primary N) is 1. The van der Waals surface area contributed by atoms with E-state index in [2.05, 4.69) is 15.3 Å². The van der Waals surface area contributed by atoms with Gasteiger partial charge in [-0.2, -0.15) is 5.26 Å². The number of hydrogen-bond acceptors (Lipinski definition) is 5. The van der Waals surface area contributed by atoms with Crippen LogP contribution in [0, 0.1) is 16.7 Å². The molecule has 0 bridgehead atoms. The molecule has 1 rings (SSSR count). The van der Waals surface area contributed by atoms with Crippen LogP contribution < -0.4 is 11.1 Å². The van der Waals surface area contributed by atoms with E-state index in [1.54, 1.807) is 13.8 Å². The van der Waals surface area contributed by atoms with Crippen LogP contribution >= 0.6 is 0 Å². The topological polar surface area (TPSA) is 105 Å². The van der Waals surface area contributed by atoms with Crippen LogP contribution in [-0.2, 0) is 4.79 Å². The van der Waals surface area contributed by atoms with E-state index in [4.69, 9.17) is 11.0 Å². The molecule has 3 N–H and O–H groups in total. The Morgan fingerprint density at radius 2 is 2.25 bits per heavy atom. The van der Waals surface area contributed by atoms with Gasteiger partial charge in [0.25, 0.3) is 0 Å². The highest BCUT2D eigenvalue weighted by molar-refractivity contribution is 5.80. The Morgan fingerprint density at radius 1 is 1.56 bits per heavy atom. The van der Waals surface area contributed by atoms with Gasteiger partial charge in [-0.05, 0) is 13.8 Å². The number of nitrogens with one attached hydrogen (secondary N) is 1. The maximum absolute atomic E-state index is 11.0. The molecule has 1 aromatic heterocycles. The van der Waals surface area contributed by atoms with Crippen molar-refractivity contribution in [3.05, 3.63) is 18.1 Å². The Balaban J connectivity index is 2.62. The van der Waals surface area contributed by atoms with E-state index in [9.17, 15) is 4.79 Å². The summed E-state index contributed by atoms with van der Waals surface area (Å²) in [5, 5.41) is 11.5. The average Bonchev–Trinajstić information content (AvgIpc) is 2.27. The van der Waals surface area contributed by atoms with Gasteiger partial charge in [0, 0.05) is 6.54 Å². The smallest absolute Gasteiger partial charge is 0.224 e. The van der Waals surface area contributed by atoms with Crippen LogP contribution in [0.15, 0.2) is 12.4 Å². The SMILES string of the molecule is CC(C)(CNc1cnc(C#N)cn1)C(N)=O. The molecule has 0 radical (unpaired) electrons. The summed E-state index contributed by atoms with van der Waals surface area (Å²) in [4.78, 5) is 18.8. The molecule has 1 aromatic rings. The first-order valence-electron chi connectivity index (χ1n) is 4.71. The first-order valence-corrected chi connectivity index (χ1v) is 4.71. The van der Waals surface area contributed by atoms with Gasteiger partial charge in [-0.15, -0.1) is 0 Å². The molecule has 6 nitrogen and oxygen atoms in total. The van der Waals surface area contributed by atoms with Gasteiger partial charge in [-0.3, -0.25) is 4.79 Å². The summed E-state index contributed by atoms with van der Waals surface area (Å²) in [7, 11) is 0. The largest absolute Gasteiger partial charge is 0.369 e. The molecule has 0 spiro atoms. The van der Waals surface area contributed by atoms with E-state index in [0.29, 0.717) is 12.4 Å². The number of primary amides is 1. The standard InChI is InChI=1S/C10H13N5O/c1-10(2,9(12)16)6-15-8-5-13-7(3-11)4-14-8/h4-5H,6H2,1-2H3,(H2,12,16)(H,14,15). The molecule has 0 saturated carbocycles. The molecule has 0 aliphatic carbocycles. The monoisotopic (exact) mass is 219 g/mol. The summed E-state index contributed by atoms with van der Waals surface area (Å²) in [5.41, 5.74) is 4.81. The number of aromatic nitrogens is 2. The van der Waals surface area contributed by atoms with Crippen LogP contribution in [0.4, 0.5) is 5.82 Å². The highest BCUT2D eigenvalue weighted by Crippen LogP contribution is 2.14. The fourth-order valence-electron chi connectivity index (χ4n) is 0.876. The van der Waals surface area contributed by atoms with E-state index in [1.807, 2.05) is 6.07 Å². The van der Waals surface area contributed by atoms with Gasteiger partial charge < -0.3 is 11.1 Å². The highest BCUT2D eigenvalue weighted by atomic mass is 16.1. The normalized spacial score (nSPS) is 10.6. The number of nitrogens with zero attached hydrogens (tertiary/aromatic N) is 3. The molecule has 16 heavy (non-hydrogen) atoms. The third kappa shape index (κ3) is 2.92. The molecule has 0 aromatic carbocycles. The van der Waals surface area contributed by atoms with Gasteiger partial charge in [0.2, 0.25) is 5.91 Å². The maximum atomic E-state index is 11.0. The molecule has 1 amide bonds. The fourth-order valence-corrected chi connectivity index (χ4v) is 0.876. The van der Waals surface area contributed by atoms with Gasteiger partial charge in [0.1, 0.15) is 11.9 Å². The summed E-state index contributed by atoms with van der Waals surface area (Å²) in [6.45, 7) is 3.84. The minimum atomic E-state index is -0.657. The number of amides is 1. The Hall–Kier alpha value is -2.16. The first-order chi connectivity index (χ1) is 7.45. The number of carbonyl (C=O) groups is 1. The molecule has 0 atom stereocenters. The molecule has 0 aliphatic rings. The summed E-state index contributed by atoms with van der Waals surface area (Å²) in [6, 6.07) is 1.87. The first kappa shape index (κ1) is 11.9. The zero-order chi connectivity index (χ0) is 12.2. The lowest BCUT2D eigenvalue weighted by Gasteiger charge is -2.20. The predicted molar refractivity (Wildman–Crippen MR) is 58.2 cm³/mol. The van der Waals surface area contributed by atoms with Gasteiger partial charge >= 0.3 is 0 Å². The molecule has 1 heterocycles. The van der Waals surface area contributed by atoms with Crippen molar-refractivity contribution in [3.8, 4) is 6.07 Å². The summed E-state index contributed by atoms with van der Waals surface area (Å²) < 4.78 is 0. The van der Waals surface area contributed by atoms with Crippen LogP contribution in [0.1, 0.15) is 19.5 Å². The third-order valence-corrected chi connectivity index (χ3v) is 2.14. The van der Waals surface area contributed by atoms with Crippen molar-refractivity contribution in [2.75, 3.05) is 11.9 Å². The Morgan fingerprint density at radius 3 is 2.69 bits per heavy atom. The van der Waals surface area contributed by atoms with Crippen LogP contribution in [0.25, 0.3) is 0 Å². The molecule has 0 unspecified atom stereocenters. The van der Waals surface area contributed by atoms with Crippen LogP contribution in [0.5, 0.6) is 0 Å². The molecular formula is C10H13N5O. The van der Waals surface area contributed by atoms with Gasteiger partial charge in [0.15, 0.2) is 5.69 Å². The van der Waals surface area contributed by atoms with Crippen molar-refractivity contribution in [1.82, 2.24) is 9.97 Å². The van der Waals surface area contributed by atoms with Crippen molar-refractivity contribution in [3.63, 3.8) is 0 Å². The number of nitriles is 1. The van der Waals surface area contributed by atoms with Crippen molar-refractivity contribution in [2.24, 2.45) is 11.1 Å². The van der Waals surface area contributed by atoms with Gasteiger partial charge in [0.05, 0.1) is 17.8 Å². The minimum absolute atomic E-state index is 0.250. The van der Waals surface area contributed by atoms with Gasteiger partial charge in [-0.25, -0.2) is 9.97 Å². The fraction of sp³-hybridized carbons (Fsp3) is 0.400. The summed E-state index contributed by atoms with van der Waals surface area (Å²) in [6.07, 6.45) is 2.80. The van der Waals surface area contributed by atoms with Crippen molar-refractivity contribution < 1.29 is 4.79 Å². The quantitative estimate of drug-likeness (QED) is 0.756. The van der Waals surface area contributed by atoms with Gasteiger partial charge in [-0.1, -0.05) is 0 Å². The second-order valence-corrected chi connectivity index (χ2v) is 4.00. The predicted octanol–water partition coefficient (Wildman–Crippen LogP) is 0.272. The van der Waals surface area contributed by atoms with Crippen LogP contribution in [-0.4, -0.2) is 22.4 Å². The molecule has 0 aliphatic heterocycles. The average molecular weight is 219 g/mol. The molecule has 6 heteroatoms. The van der Waals surface area contributed by atoms with E-state index < -0.39 is 5.41 Å².